The van der Waals surface area contributed by atoms with Crippen molar-refractivity contribution < 1.29 is 37.0 Å². The zero-order valence-corrected chi connectivity index (χ0v) is 25.1. The fourth-order valence-electron chi connectivity index (χ4n) is 5.04. The summed E-state index contributed by atoms with van der Waals surface area (Å²) in [6.45, 7) is 4.73. The van der Waals surface area contributed by atoms with E-state index >= 15 is 0 Å². The second-order valence-corrected chi connectivity index (χ2v) is 12.4. The van der Waals surface area contributed by atoms with Crippen LogP contribution in [0.25, 0.3) is 5.57 Å². The first kappa shape index (κ1) is 32.6. The molecule has 0 spiro atoms. The van der Waals surface area contributed by atoms with Crippen LogP contribution in [0.1, 0.15) is 62.5 Å². The molecular weight excluding hydrogens is 565 g/mol. The maximum absolute atomic E-state index is 13.6. The van der Waals surface area contributed by atoms with E-state index in [1.807, 2.05) is 0 Å². The minimum Gasteiger partial charge on any atom is -0.507 e. The summed E-state index contributed by atoms with van der Waals surface area (Å²) in [5.41, 5.74) is -0.165. The van der Waals surface area contributed by atoms with Gasteiger partial charge < -0.3 is 20.5 Å². The second-order valence-electron chi connectivity index (χ2n) is 10.5. The molecule has 0 radical (unpaired) electrons. The van der Waals surface area contributed by atoms with Crippen molar-refractivity contribution in [1.82, 2.24) is 10.6 Å². The molecule has 2 aliphatic carbocycles. The molecule has 0 aliphatic heterocycles. The fraction of sp³-hybridized carbons (Fsp3) is 0.433. The van der Waals surface area contributed by atoms with E-state index in [4.69, 9.17) is 4.74 Å². The molecule has 0 saturated heterocycles. The monoisotopic (exact) mass is 603 g/mol. The van der Waals surface area contributed by atoms with Crippen molar-refractivity contribution in [3.8, 4) is 5.75 Å². The largest absolute Gasteiger partial charge is 0.507 e. The van der Waals surface area contributed by atoms with Gasteiger partial charge in [0.05, 0.1) is 24.6 Å². The van der Waals surface area contributed by atoms with Gasteiger partial charge in [0.1, 0.15) is 23.7 Å². The minimum absolute atomic E-state index is 0.0314. The highest BCUT2D eigenvalue weighted by Crippen LogP contribution is 2.48. The van der Waals surface area contributed by atoms with Gasteiger partial charge in [-0.1, -0.05) is 31.6 Å². The Morgan fingerprint density at radius 1 is 1.21 bits per heavy atom. The number of rotatable bonds is 12. The molecule has 42 heavy (non-hydrogen) atoms. The number of phenols is 1. The number of hydrogen-bond acceptors (Lipinski definition) is 7. The van der Waals surface area contributed by atoms with E-state index in [0.717, 1.165) is 23.4 Å². The van der Waals surface area contributed by atoms with Gasteiger partial charge >= 0.3 is 5.97 Å². The number of aromatic hydroxyl groups is 1. The molecule has 0 atom stereocenters. The van der Waals surface area contributed by atoms with Gasteiger partial charge in [0, 0.05) is 18.7 Å². The number of esters is 1. The molecule has 10 nitrogen and oxygen atoms in total. The normalized spacial score (nSPS) is 17.2. The number of ether oxygens (including phenoxy) is 1. The Bertz CT molecular complexity index is 1450. The maximum atomic E-state index is 13.6. The van der Waals surface area contributed by atoms with Crippen molar-refractivity contribution in [2.45, 2.75) is 56.9 Å². The van der Waals surface area contributed by atoms with E-state index in [1.165, 1.54) is 57.5 Å². The summed E-state index contributed by atoms with van der Waals surface area (Å²) in [5.74, 6) is -2.80. The third-order valence-electron chi connectivity index (χ3n) is 7.35. The van der Waals surface area contributed by atoms with E-state index in [-0.39, 0.29) is 28.3 Å². The molecule has 3 N–H and O–H groups in total. The molecule has 0 heterocycles. The van der Waals surface area contributed by atoms with Crippen LogP contribution in [-0.4, -0.2) is 63.8 Å². The van der Waals surface area contributed by atoms with E-state index in [1.54, 1.807) is 0 Å². The molecule has 2 aliphatic rings. The first-order valence-electron chi connectivity index (χ1n) is 13.6. The lowest BCUT2D eigenvalue weighted by Crippen LogP contribution is -2.55. The number of halogens is 1. The molecule has 0 aromatic heterocycles. The maximum Gasteiger partial charge on any atom is 0.331 e. The van der Waals surface area contributed by atoms with Crippen LogP contribution in [0, 0.1) is 0 Å². The smallest absolute Gasteiger partial charge is 0.331 e. The zero-order valence-electron chi connectivity index (χ0n) is 24.3. The van der Waals surface area contributed by atoms with E-state index in [9.17, 15) is 32.3 Å². The van der Waals surface area contributed by atoms with Crippen LogP contribution in [0.5, 0.6) is 5.75 Å². The van der Waals surface area contributed by atoms with E-state index in [0.29, 0.717) is 31.2 Å². The molecule has 12 heteroatoms. The van der Waals surface area contributed by atoms with Crippen molar-refractivity contribution >= 4 is 39.1 Å². The number of carbonyl (C=O) groups is 3. The van der Waals surface area contributed by atoms with Crippen LogP contribution in [-0.2, 0) is 29.1 Å². The van der Waals surface area contributed by atoms with Gasteiger partial charge in [0.2, 0.25) is 15.9 Å². The zero-order chi connectivity index (χ0) is 31.2. The first-order valence-corrected chi connectivity index (χ1v) is 15.5. The fourth-order valence-corrected chi connectivity index (χ4v) is 5.90. The molecule has 3 rings (SSSR count). The summed E-state index contributed by atoms with van der Waals surface area (Å²) in [7, 11) is -1.39. The number of amides is 2. The van der Waals surface area contributed by atoms with Crippen LogP contribution in [0.15, 0.2) is 54.4 Å². The van der Waals surface area contributed by atoms with Crippen LogP contribution in [0.3, 0.4) is 0 Å². The summed E-state index contributed by atoms with van der Waals surface area (Å²) in [4.78, 5) is 38.5. The number of nitrogens with one attached hydrogen (secondary N) is 2. The van der Waals surface area contributed by atoms with Gasteiger partial charge in [-0.05, 0) is 67.9 Å². The molecule has 0 unspecified atom stereocenters. The highest BCUT2D eigenvalue weighted by Gasteiger charge is 2.44. The Balaban J connectivity index is 2.06. The second kappa shape index (κ2) is 13.4. The molecule has 2 amide bonds. The third kappa shape index (κ3) is 7.67. The van der Waals surface area contributed by atoms with Crippen molar-refractivity contribution in [3.63, 3.8) is 0 Å². The number of anilines is 1. The number of allylic oxidation sites excluding steroid dienone is 6. The van der Waals surface area contributed by atoms with Gasteiger partial charge in [-0.25, -0.2) is 17.6 Å². The lowest BCUT2D eigenvalue weighted by molar-refractivity contribution is -0.150. The Hall–Kier alpha value is -3.93. The lowest BCUT2D eigenvalue weighted by atomic mass is 9.96. The average Bonchev–Trinajstić information content (AvgIpc) is 3.69. The molecule has 1 aromatic carbocycles. The molecular formula is C30H38FN3O7S. The van der Waals surface area contributed by atoms with Crippen molar-refractivity contribution in [3.05, 3.63) is 65.5 Å². The summed E-state index contributed by atoms with van der Waals surface area (Å²) < 4.78 is 45.4. The predicted molar refractivity (Wildman–Crippen MR) is 159 cm³/mol. The lowest BCUT2D eigenvalue weighted by Gasteiger charge is -2.30. The number of sulfonamides is 1. The SMILES string of the molecule is C=C(/C=C\C(F)=C/C)/C=C(\C(=O)NC)c1cc(C2CC2)c(N(CC(=O)NC2(C(=O)OC)CCCC2)S(C)(=O)=O)cc1O. The van der Waals surface area contributed by atoms with Gasteiger partial charge in [-0.2, -0.15) is 0 Å². The Morgan fingerprint density at radius 2 is 1.86 bits per heavy atom. The number of hydrogen-bond donors (Lipinski definition) is 3. The van der Waals surface area contributed by atoms with Crippen LogP contribution < -0.4 is 14.9 Å². The first-order chi connectivity index (χ1) is 19.8. The summed E-state index contributed by atoms with van der Waals surface area (Å²) in [6, 6.07) is 2.76. The van der Waals surface area contributed by atoms with E-state index in [2.05, 4.69) is 17.2 Å². The predicted octanol–water partition coefficient (Wildman–Crippen LogP) is 3.75. The van der Waals surface area contributed by atoms with Crippen molar-refractivity contribution in [2.75, 3.05) is 31.3 Å². The molecule has 0 bridgehead atoms. The topological polar surface area (TPSA) is 142 Å². The summed E-state index contributed by atoms with van der Waals surface area (Å²) in [5, 5.41) is 16.3. The highest BCUT2D eigenvalue weighted by molar-refractivity contribution is 7.92. The number of benzene rings is 1. The average molecular weight is 604 g/mol. The van der Waals surface area contributed by atoms with Gasteiger partial charge in [0.15, 0.2) is 0 Å². The van der Waals surface area contributed by atoms with Gasteiger partial charge in [-0.15, -0.1) is 0 Å². The van der Waals surface area contributed by atoms with Gasteiger partial charge in [0.25, 0.3) is 5.91 Å². The Kier molecular flexibility index (Phi) is 10.4. The molecule has 2 fully saturated rings. The van der Waals surface area contributed by atoms with Crippen LogP contribution in [0.4, 0.5) is 10.1 Å². The summed E-state index contributed by atoms with van der Waals surface area (Å²) in [6.07, 6.45) is 9.81. The van der Waals surface area contributed by atoms with E-state index < -0.39 is 51.5 Å². The molecule has 228 valence electrons. The van der Waals surface area contributed by atoms with Gasteiger partial charge in [-0.3, -0.25) is 13.9 Å². The molecule has 1 aromatic rings. The number of methoxy groups -OCH3 is 1. The Labute approximate surface area is 246 Å². The quantitative estimate of drug-likeness (QED) is 0.188. The standard InChI is InChI=1S/C30H38FN3O7S/c1-6-21(31)12-9-19(2)15-24(28(37)32-3)23-16-22(20-10-11-20)25(17-26(23)35)34(42(5,39)40)18-27(36)33-30(29(38)41-4)13-7-8-14-30/h6,9,12,15-17,20,35H,2,7-8,10-11,13-14,18H2,1,3-5H3,(H,32,37)(H,33,36)/b12-9-,21-6+,24-15-. The van der Waals surface area contributed by atoms with Crippen LogP contribution >= 0.6 is 0 Å². The Morgan fingerprint density at radius 3 is 2.38 bits per heavy atom. The molecule has 2 saturated carbocycles. The number of likely N-dealkylation sites (N-methyl/N-ethyl adjacent to an activating group) is 1. The highest BCUT2D eigenvalue weighted by atomic mass is 32.2. The third-order valence-corrected chi connectivity index (χ3v) is 8.48. The summed E-state index contributed by atoms with van der Waals surface area (Å²) >= 11 is 0. The number of phenolic OH excluding ortho intramolecular Hbond substituents is 1. The minimum atomic E-state index is -4.04. The number of carbonyl (C=O) groups excluding carboxylic acids is 3. The number of nitrogens with zero attached hydrogens (tertiary/aromatic N) is 1. The van der Waals surface area contributed by atoms with Crippen LogP contribution in [0.2, 0.25) is 0 Å². The van der Waals surface area contributed by atoms with Crippen molar-refractivity contribution in [2.24, 2.45) is 0 Å². The van der Waals surface area contributed by atoms with Crippen molar-refractivity contribution in [1.29, 1.82) is 0 Å².